The molecular weight excluding hydrogens is 279 g/mol. The van der Waals surface area contributed by atoms with Crippen molar-refractivity contribution in [2.45, 2.75) is 32.2 Å². The van der Waals surface area contributed by atoms with E-state index in [4.69, 9.17) is 33.9 Å². The summed E-state index contributed by atoms with van der Waals surface area (Å²) in [5.74, 6) is 0.375. The Kier molecular flexibility index (Phi) is 5.29. The number of hydrogen-bond acceptors (Lipinski definition) is 2. The number of hydrogen-bond donors (Lipinski definition) is 1. The number of aliphatic imine (C=N–C) groups is 1. The molecule has 1 aromatic carbocycles. The summed E-state index contributed by atoms with van der Waals surface area (Å²) in [6.45, 7) is 0.605. The van der Waals surface area contributed by atoms with E-state index in [-0.39, 0.29) is 0 Å². The third-order valence-electron chi connectivity index (χ3n) is 3.37. The highest BCUT2D eigenvalue weighted by atomic mass is 35.5. The Morgan fingerprint density at radius 1 is 1.21 bits per heavy atom. The Morgan fingerprint density at radius 3 is 2.68 bits per heavy atom. The molecule has 1 aromatic rings. The van der Waals surface area contributed by atoms with Crippen molar-refractivity contribution in [2.75, 3.05) is 5.88 Å². The number of allylic oxidation sites excluding steroid dienone is 2. The highest BCUT2D eigenvalue weighted by Crippen LogP contribution is 2.24. The van der Waals surface area contributed by atoms with E-state index in [2.05, 4.69) is 0 Å². The lowest BCUT2D eigenvalue weighted by Gasteiger charge is -2.19. The van der Waals surface area contributed by atoms with Crippen molar-refractivity contribution in [1.82, 2.24) is 0 Å². The first-order valence-corrected chi connectivity index (χ1v) is 7.44. The van der Waals surface area contributed by atoms with Gasteiger partial charge in [-0.3, -0.25) is 4.99 Å². The average molecular weight is 297 g/mol. The second-order valence-electron chi connectivity index (χ2n) is 4.70. The van der Waals surface area contributed by atoms with Crippen LogP contribution in [0.15, 0.2) is 40.5 Å². The maximum absolute atomic E-state index is 6.14. The van der Waals surface area contributed by atoms with Crippen LogP contribution in [0.3, 0.4) is 0 Å². The summed E-state index contributed by atoms with van der Waals surface area (Å²) in [5.41, 5.74) is 10.0. The van der Waals surface area contributed by atoms with Gasteiger partial charge in [0.15, 0.2) is 0 Å². The minimum atomic E-state index is 0.375. The molecule has 2 N–H and O–H groups in total. The number of rotatable bonds is 3. The van der Waals surface area contributed by atoms with Crippen LogP contribution in [-0.4, -0.2) is 11.6 Å². The van der Waals surface area contributed by atoms with Gasteiger partial charge in [-0.05, 0) is 42.9 Å². The van der Waals surface area contributed by atoms with Crippen molar-refractivity contribution in [3.63, 3.8) is 0 Å². The van der Waals surface area contributed by atoms with Crippen LogP contribution >= 0.6 is 23.2 Å². The lowest BCUT2D eigenvalue weighted by Crippen LogP contribution is -2.16. The zero-order chi connectivity index (χ0) is 13.7. The minimum absolute atomic E-state index is 0.375. The second-order valence-corrected chi connectivity index (χ2v) is 5.37. The number of alkyl halides is 1. The van der Waals surface area contributed by atoms with Gasteiger partial charge in [0.2, 0.25) is 0 Å². The predicted octanol–water partition coefficient (Wildman–Crippen LogP) is 4.31. The standard InChI is InChI=1S/C15H18Cl2N2/c16-9-14(18)12-6-2-4-8-15(12)19-10-11-5-1-3-7-13(11)17/h1,3,5,7H,2,4,6,8-10,18H2/b14-12-,19-15?. The van der Waals surface area contributed by atoms with Gasteiger partial charge in [-0.15, -0.1) is 11.6 Å². The molecule has 0 spiro atoms. The van der Waals surface area contributed by atoms with Crippen LogP contribution in [0, 0.1) is 0 Å². The van der Waals surface area contributed by atoms with Gasteiger partial charge >= 0.3 is 0 Å². The molecule has 0 bridgehead atoms. The van der Waals surface area contributed by atoms with Gasteiger partial charge in [0.25, 0.3) is 0 Å². The molecule has 102 valence electrons. The van der Waals surface area contributed by atoms with Crippen LogP contribution in [-0.2, 0) is 6.54 Å². The topological polar surface area (TPSA) is 38.4 Å². The summed E-state index contributed by atoms with van der Waals surface area (Å²) in [4.78, 5) is 4.70. The molecule has 0 heterocycles. The normalized spacial score (nSPS) is 20.6. The molecule has 2 rings (SSSR count). The highest BCUT2D eigenvalue weighted by molar-refractivity contribution is 6.31. The monoisotopic (exact) mass is 296 g/mol. The van der Waals surface area contributed by atoms with Crippen LogP contribution in [0.1, 0.15) is 31.2 Å². The molecule has 1 aliphatic rings. The van der Waals surface area contributed by atoms with E-state index in [1.54, 1.807) is 0 Å². The Hall–Kier alpha value is -0.990. The van der Waals surface area contributed by atoms with Crippen molar-refractivity contribution < 1.29 is 0 Å². The molecule has 0 saturated heterocycles. The maximum Gasteiger partial charge on any atom is 0.0657 e. The highest BCUT2D eigenvalue weighted by Gasteiger charge is 2.16. The van der Waals surface area contributed by atoms with Crippen molar-refractivity contribution >= 4 is 28.9 Å². The molecule has 0 radical (unpaired) electrons. The third-order valence-corrected chi connectivity index (χ3v) is 4.03. The van der Waals surface area contributed by atoms with E-state index in [1.165, 1.54) is 6.42 Å². The lowest BCUT2D eigenvalue weighted by atomic mass is 9.91. The second kappa shape index (κ2) is 6.97. The fourth-order valence-corrected chi connectivity index (χ4v) is 2.65. The Bertz CT molecular complexity index is 507. The largest absolute Gasteiger partial charge is 0.401 e. The van der Waals surface area contributed by atoms with E-state index in [9.17, 15) is 0 Å². The zero-order valence-corrected chi connectivity index (χ0v) is 12.3. The van der Waals surface area contributed by atoms with Gasteiger partial charge in [-0.2, -0.15) is 0 Å². The van der Waals surface area contributed by atoms with Crippen molar-refractivity contribution in [2.24, 2.45) is 10.7 Å². The van der Waals surface area contributed by atoms with E-state index >= 15 is 0 Å². The molecule has 19 heavy (non-hydrogen) atoms. The molecule has 2 nitrogen and oxygen atoms in total. The first-order valence-electron chi connectivity index (χ1n) is 6.53. The summed E-state index contributed by atoms with van der Waals surface area (Å²) in [7, 11) is 0. The molecule has 0 atom stereocenters. The molecule has 1 saturated carbocycles. The Morgan fingerprint density at radius 2 is 1.95 bits per heavy atom. The summed E-state index contributed by atoms with van der Waals surface area (Å²) in [5, 5.41) is 0.763. The van der Waals surface area contributed by atoms with E-state index in [0.717, 1.165) is 46.8 Å². The van der Waals surface area contributed by atoms with Gasteiger partial charge < -0.3 is 5.73 Å². The van der Waals surface area contributed by atoms with Gasteiger partial charge in [0.1, 0.15) is 0 Å². The van der Waals surface area contributed by atoms with Gasteiger partial charge in [0.05, 0.1) is 12.4 Å². The van der Waals surface area contributed by atoms with Gasteiger partial charge in [-0.1, -0.05) is 29.8 Å². The molecule has 4 heteroatoms. The van der Waals surface area contributed by atoms with E-state index < -0.39 is 0 Å². The average Bonchev–Trinajstić information content (AvgIpc) is 2.46. The molecular formula is C15H18Cl2N2. The van der Waals surface area contributed by atoms with Crippen molar-refractivity contribution in [3.05, 3.63) is 46.1 Å². The van der Waals surface area contributed by atoms with Crippen LogP contribution < -0.4 is 5.73 Å². The smallest absolute Gasteiger partial charge is 0.0657 e. The fraction of sp³-hybridized carbons (Fsp3) is 0.400. The Labute approximate surface area is 124 Å². The van der Waals surface area contributed by atoms with Crippen LogP contribution in [0.25, 0.3) is 0 Å². The zero-order valence-electron chi connectivity index (χ0n) is 10.8. The summed E-state index contributed by atoms with van der Waals surface area (Å²) >= 11 is 12.0. The van der Waals surface area contributed by atoms with Crippen LogP contribution in [0.5, 0.6) is 0 Å². The summed E-state index contributed by atoms with van der Waals surface area (Å²) < 4.78 is 0. The summed E-state index contributed by atoms with van der Waals surface area (Å²) in [6, 6.07) is 7.80. The number of nitrogens with zero attached hydrogens (tertiary/aromatic N) is 1. The molecule has 0 amide bonds. The first kappa shape index (κ1) is 14.4. The van der Waals surface area contributed by atoms with E-state index in [1.807, 2.05) is 24.3 Å². The first-order chi connectivity index (χ1) is 9.22. The fourth-order valence-electron chi connectivity index (χ4n) is 2.30. The molecule has 0 unspecified atom stereocenters. The van der Waals surface area contributed by atoms with E-state index in [0.29, 0.717) is 12.4 Å². The van der Waals surface area contributed by atoms with Crippen molar-refractivity contribution in [1.29, 1.82) is 0 Å². The molecule has 0 aromatic heterocycles. The predicted molar refractivity (Wildman–Crippen MR) is 83.0 cm³/mol. The van der Waals surface area contributed by atoms with Gasteiger partial charge in [0, 0.05) is 16.4 Å². The third kappa shape index (κ3) is 3.74. The minimum Gasteiger partial charge on any atom is -0.401 e. The lowest BCUT2D eigenvalue weighted by molar-refractivity contribution is 0.723. The van der Waals surface area contributed by atoms with Gasteiger partial charge in [-0.25, -0.2) is 0 Å². The SMILES string of the molecule is N/C(CCl)=C1/CCCCC1=NCc1ccccc1Cl. The number of halogens is 2. The quantitative estimate of drug-likeness (QED) is 0.830. The summed E-state index contributed by atoms with van der Waals surface area (Å²) in [6.07, 6.45) is 4.30. The Balaban J connectivity index is 2.19. The number of nitrogens with two attached hydrogens (primary N) is 1. The molecule has 1 aliphatic carbocycles. The molecule has 1 fully saturated rings. The van der Waals surface area contributed by atoms with Crippen LogP contribution in [0.2, 0.25) is 5.02 Å². The molecule has 0 aliphatic heterocycles. The maximum atomic E-state index is 6.14. The van der Waals surface area contributed by atoms with Crippen LogP contribution in [0.4, 0.5) is 0 Å². The number of benzene rings is 1. The van der Waals surface area contributed by atoms with Crippen molar-refractivity contribution in [3.8, 4) is 0 Å².